The molecule has 0 saturated carbocycles. The Kier molecular flexibility index (Phi) is 4.34. The molecule has 1 aromatic rings. The summed E-state index contributed by atoms with van der Waals surface area (Å²) in [6.45, 7) is 0.401. The molecule has 0 radical (unpaired) electrons. The molecule has 0 aromatic heterocycles. The van der Waals surface area contributed by atoms with E-state index in [1.807, 2.05) is 0 Å². The maximum Gasteiger partial charge on any atom is 0.322 e. The zero-order valence-electron chi connectivity index (χ0n) is 10.9. The lowest BCUT2D eigenvalue weighted by molar-refractivity contribution is -0.139. The minimum atomic E-state index is -1.10. The molecule has 0 atom stereocenters. The lowest BCUT2D eigenvalue weighted by Crippen LogP contribution is -2.49. The van der Waals surface area contributed by atoms with Gasteiger partial charge in [-0.15, -0.1) is 0 Å². The first-order valence-electron chi connectivity index (χ1n) is 6.38. The maximum atomic E-state index is 13.0. The van der Waals surface area contributed by atoms with Crippen LogP contribution >= 0.6 is 0 Å². The maximum absolute atomic E-state index is 13.0. The van der Waals surface area contributed by atoms with Crippen LogP contribution in [-0.2, 0) is 19.7 Å². The third-order valence-corrected chi connectivity index (χ3v) is 3.58. The number of carboxylic acid groups (broad SMARTS) is 1. The number of benzene rings is 1. The standard InChI is InChI=1S/C14H16FNO4/c15-11-3-1-10(2-4-11)14(5-7-20-8-6-14)13(19)16-9-12(17)18/h1-4H,5-9H2,(H,16,19)(H,17,18). The predicted molar refractivity (Wildman–Crippen MR) is 68.8 cm³/mol. The Morgan fingerprint density at radius 2 is 1.85 bits per heavy atom. The van der Waals surface area contributed by atoms with Gasteiger partial charge in [-0.05, 0) is 30.5 Å². The average molecular weight is 281 g/mol. The van der Waals surface area contributed by atoms with Gasteiger partial charge >= 0.3 is 5.97 Å². The van der Waals surface area contributed by atoms with Gasteiger partial charge in [-0.1, -0.05) is 12.1 Å². The van der Waals surface area contributed by atoms with Crippen LogP contribution in [0.5, 0.6) is 0 Å². The summed E-state index contributed by atoms with van der Waals surface area (Å²) < 4.78 is 18.3. The smallest absolute Gasteiger partial charge is 0.322 e. The van der Waals surface area contributed by atoms with E-state index in [2.05, 4.69) is 5.32 Å². The Morgan fingerprint density at radius 3 is 2.40 bits per heavy atom. The molecule has 1 heterocycles. The molecule has 1 amide bonds. The molecule has 1 aliphatic heterocycles. The Hall–Kier alpha value is -1.95. The van der Waals surface area contributed by atoms with Gasteiger partial charge < -0.3 is 15.2 Å². The van der Waals surface area contributed by atoms with Crippen molar-refractivity contribution in [3.05, 3.63) is 35.6 Å². The molecule has 1 fully saturated rings. The molecule has 6 heteroatoms. The van der Waals surface area contributed by atoms with E-state index in [4.69, 9.17) is 9.84 Å². The van der Waals surface area contributed by atoms with Crippen molar-refractivity contribution >= 4 is 11.9 Å². The van der Waals surface area contributed by atoms with Crippen LogP contribution in [0.15, 0.2) is 24.3 Å². The van der Waals surface area contributed by atoms with Crippen LogP contribution in [0.1, 0.15) is 18.4 Å². The minimum absolute atomic E-state index is 0.352. The monoisotopic (exact) mass is 281 g/mol. The van der Waals surface area contributed by atoms with E-state index in [0.29, 0.717) is 31.6 Å². The highest BCUT2D eigenvalue weighted by Gasteiger charge is 2.41. The van der Waals surface area contributed by atoms with E-state index in [1.54, 1.807) is 12.1 Å². The molecular formula is C14H16FNO4. The number of carbonyl (C=O) groups excluding carboxylic acids is 1. The first kappa shape index (κ1) is 14.5. The number of hydrogen-bond acceptors (Lipinski definition) is 3. The molecule has 108 valence electrons. The van der Waals surface area contributed by atoms with E-state index in [0.717, 1.165) is 0 Å². The summed E-state index contributed by atoms with van der Waals surface area (Å²) in [5, 5.41) is 11.1. The van der Waals surface area contributed by atoms with E-state index in [-0.39, 0.29) is 11.7 Å². The van der Waals surface area contributed by atoms with Crippen LogP contribution < -0.4 is 5.32 Å². The van der Waals surface area contributed by atoms with Gasteiger partial charge in [0.05, 0.1) is 5.41 Å². The number of aliphatic carboxylic acids is 1. The number of amides is 1. The summed E-state index contributed by atoms with van der Waals surface area (Å²) in [5.74, 6) is -1.82. The van der Waals surface area contributed by atoms with E-state index >= 15 is 0 Å². The summed E-state index contributed by atoms with van der Waals surface area (Å²) in [6, 6.07) is 5.75. The molecule has 20 heavy (non-hydrogen) atoms. The summed E-state index contributed by atoms with van der Waals surface area (Å²) in [4.78, 5) is 23.0. The Labute approximate surface area is 115 Å². The van der Waals surface area contributed by atoms with Crippen LogP contribution in [0.25, 0.3) is 0 Å². The van der Waals surface area contributed by atoms with Gasteiger partial charge in [0.1, 0.15) is 12.4 Å². The molecule has 0 unspecified atom stereocenters. The predicted octanol–water partition coefficient (Wildman–Crippen LogP) is 1.07. The molecule has 0 aliphatic carbocycles. The van der Waals surface area contributed by atoms with Gasteiger partial charge in [0.2, 0.25) is 5.91 Å². The first-order valence-corrected chi connectivity index (χ1v) is 6.38. The van der Waals surface area contributed by atoms with Gasteiger partial charge in [-0.2, -0.15) is 0 Å². The van der Waals surface area contributed by atoms with Crippen molar-refractivity contribution in [2.75, 3.05) is 19.8 Å². The number of carboxylic acids is 1. The van der Waals surface area contributed by atoms with Crippen molar-refractivity contribution in [3.8, 4) is 0 Å². The second-order valence-corrected chi connectivity index (χ2v) is 4.78. The Morgan fingerprint density at radius 1 is 1.25 bits per heavy atom. The summed E-state index contributed by atoms with van der Waals surface area (Å²) in [6.07, 6.45) is 0.897. The molecule has 1 saturated heterocycles. The highest BCUT2D eigenvalue weighted by Crippen LogP contribution is 2.35. The van der Waals surface area contributed by atoms with Crippen molar-refractivity contribution in [2.45, 2.75) is 18.3 Å². The van der Waals surface area contributed by atoms with Crippen molar-refractivity contribution in [3.63, 3.8) is 0 Å². The van der Waals surface area contributed by atoms with Gasteiger partial charge in [0.25, 0.3) is 0 Å². The number of halogens is 1. The van der Waals surface area contributed by atoms with E-state index < -0.39 is 17.9 Å². The molecule has 0 spiro atoms. The zero-order valence-corrected chi connectivity index (χ0v) is 10.9. The normalized spacial score (nSPS) is 17.4. The molecular weight excluding hydrogens is 265 g/mol. The summed E-state index contributed by atoms with van der Waals surface area (Å²) in [5.41, 5.74) is -0.161. The average Bonchev–Trinajstić information content (AvgIpc) is 2.46. The van der Waals surface area contributed by atoms with E-state index in [9.17, 15) is 14.0 Å². The van der Waals surface area contributed by atoms with Crippen molar-refractivity contribution in [2.24, 2.45) is 0 Å². The molecule has 2 N–H and O–H groups in total. The van der Waals surface area contributed by atoms with Crippen molar-refractivity contribution < 1.29 is 23.8 Å². The number of ether oxygens (including phenoxy) is 1. The second kappa shape index (κ2) is 6.00. The Bertz CT molecular complexity index is 494. The van der Waals surface area contributed by atoms with E-state index in [1.165, 1.54) is 12.1 Å². The second-order valence-electron chi connectivity index (χ2n) is 4.78. The topological polar surface area (TPSA) is 75.6 Å². The summed E-state index contributed by atoms with van der Waals surface area (Å²) >= 11 is 0. The third-order valence-electron chi connectivity index (χ3n) is 3.58. The summed E-state index contributed by atoms with van der Waals surface area (Å²) in [7, 11) is 0. The number of nitrogens with one attached hydrogen (secondary N) is 1. The zero-order chi connectivity index (χ0) is 14.6. The van der Waals surface area contributed by atoms with Crippen LogP contribution in [0, 0.1) is 5.82 Å². The molecule has 1 aromatic carbocycles. The SMILES string of the molecule is O=C(O)CNC(=O)C1(c2ccc(F)cc2)CCOCC1. The van der Waals surface area contributed by atoms with Crippen LogP contribution in [0.4, 0.5) is 4.39 Å². The largest absolute Gasteiger partial charge is 0.480 e. The highest BCUT2D eigenvalue weighted by atomic mass is 19.1. The molecule has 2 rings (SSSR count). The van der Waals surface area contributed by atoms with Gasteiger partial charge in [0.15, 0.2) is 0 Å². The van der Waals surface area contributed by atoms with Crippen LogP contribution in [0.2, 0.25) is 0 Å². The van der Waals surface area contributed by atoms with Crippen LogP contribution in [0.3, 0.4) is 0 Å². The fourth-order valence-electron chi connectivity index (χ4n) is 2.46. The number of hydrogen-bond donors (Lipinski definition) is 2. The van der Waals surface area contributed by atoms with Crippen LogP contribution in [-0.4, -0.2) is 36.7 Å². The minimum Gasteiger partial charge on any atom is -0.480 e. The molecule has 1 aliphatic rings. The van der Waals surface area contributed by atoms with Crippen molar-refractivity contribution in [1.29, 1.82) is 0 Å². The first-order chi connectivity index (χ1) is 9.54. The molecule has 5 nitrogen and oxygen atoms in total. The van der Waals surface area contributed by atoms with Gasteiger partial charge in [-0.25, -0.2) is 4.39 Å². The van der Waals surface area contributed by atoms with Crippen molar-refractivity contribution in [1.82, 2.24) is 5.32 Å². The lowest BCUT2D eigenvalue weighted by atomic mass is 9.73. The number of carbonyl (C=O) groups is 2. The fraction of sp³-hybridized carbons (Fsp3) is 0.429. The number of rotatable bonds is 4. The third kappa shape index (κ3) is 2.96. The lowest BCUT2D eigenvalue weighted by Gasteiger charge is -2.36. The highest BCUT2D eigenvalue weighted by molar-refractivity contribution is 5.90. The fourth-order valence-corrected chi connectivity index (χ4v) is 2.46. The quantitative estimate of drug-likeness (QED) is 0.865. The Balaban J connectivity index is 2.27. The molecule has 0 bridgehead atoms. The van der Waals surface area contributed by atoms with Gasteiger partial charge in [0, 0.05) is 13.2 Å². The van der Waals surface area contributed by atoms with Gasteiger partial charge in [-0.3, -0.25) is 9.59 Å².